The summed E-state index contributed by atoms with van der Waals surface area (Å²) in [5.41, 5.74) is 1.65. The third-order valence-corrected chi connectivity index (χ3v) is 7.10. The van der Waals surface area contributed by atoms with E-state index in [4.69, 9.17) is 14.2 Å². The van der Waals surface area contributed by atoms with Crippen molar-refractivity contribution in [3.8, 4) is 11.5 Å². The van der Waals surface area contributed by atoms with Gasteiger partial charge in [-0.3, -0.25) is 4.79 Å². The molecule has 1 N–H and O–H groups in total. The number of morpholine rings is 1. The van der Waals surface area contributed by atoms with Gasteiger partial charge in [0.1, 0.15) is 11.5 Å². The number of amides is 1. The first-order chi connectivity index (χ1) is 15.4. The minimum atomic E-state index is -3.62. The highest BCUT2D eigenvalue weighted by Gasteiger charge is 2.27. The van der Waals surface area contributed by atoms with Crippen LogP contribution in [0.1, 0.15) is 24.5 Å². The Bertz CT molecular complexity index is 1000. The van der Waals surface area contributed by atoms with Gasteiger partial charge in [0.05, 0.1) is 31.8 Å². The molecule has 1 aliphatic rings. The minimum Gasteiger partial charge on any atom is -0.496 e. The van der Waals surface area contributed by atoms with Crippen molar-refractivity contribution < 1.29 is 27.4 Å². The molecule has 1 fully saturated rings. The molecule has 1 aliphatic heterocycles. The average molecular weight is 463 g/mol. The number of carbonyl (C=O) groups excluding carboxylic acids is 1. The summed E-state index contributed by atoms with van der Waals surface area (Å²) in [5.74, 6) is 1.23. The number of nitrogens with zero attached hydrogens (tertiary/aromatic N) is 1. The highest BCUT2D eigenvalue weighted by Crippen LogP contribution is 2.26. The van der Waals surface area contributed by atoms with Crippen molar-refractivity contribution in [2.75, 3.05) is 40.0 Å². The van der Waals surface area contributed by atoms with Gasteiger partial charge in [-0.25, -0.2) is 8.42 Å². The number of aryl methyl sites for hydroxylation is 1. The normalized spacial score (nSPS) is 14.7. The van der Waals surface area contributed by atoms with Crippen LogP contribution in [0.5, 0.6) is 11.5 Å². The molecule has 0 radical (unpaired) electrons. The molecular formula is C23H30N2O6S. The summed E-state index contributed by atoms with van der Waals surface area (Å²) in [6, 6.07) is 12.3. The van der Waals surface area contributed by atoms with Gasteiger partial charge in [0.2, 0.25) is 15.9 Å². The lowest BCUT2D eigenvalue weighted by Gasteiger charge is -2.26. The van der Waals surface area contributed by atoms with Crippen LogP contribution in [0.4, 0.5) is 0 Å². The van der Waals surface area contributed by atoms with E-state index in [1.807, 2.05) is 31.2 Å². The molecule has 0 aliphatic carbocycles. The zero-order valence-corrected chi connectivity index (χ0v) is 19.3. The first-order valence-corrected chi connectivity index (χ1v) is 12.1. The van der Waals surface area contributed by atoms with Crippen LogP contribution >= 0.6 is 0 Å². The van der Waals surface area contributed by atoms with Crippen LogP contribution in [-0.4, -0.2) is 58.7 Å². The zero-order valence-electron chi connectivity index (χ0n) is 18.5. The third-order valence-electron chi connectivity index (χ3n) is 5.21. The quantitative estimate of drug-likeness (QED) is 0.583. The van der Waals surface area contributed by atoms with Crippen LogP contribution in [-0.2, 0) is 32.5 Å². The van der Waals surface area contributed by atoms with E-state index in [0.717, 1.165) is 11.3 Å². The fourth-order valence-electron chi connectivity index (χ4n) is 3.45. The van der Waals surface area contributed by atoms with Gasteiger partial charge in [-0.05, 0) is 54.8 Å². The van der Waals surface area contributed by atoms with Gasteiger partial charge in [-0.15, -0.1) is 0 Å². The molecular weight excluding hydrogens is 432 g/mol. The maximum absolute atomic E-state index is 12.9. The smallest absolute Gasteiger partial charge is 0.243 e. The van der Waals surface area contributed by atoms with Gasteiger partial charge >= 0.3 is 0 Å². The summed E-state index contributed by atoms with van der Waals surface area (Å²) in [4.78, 5) is 12.6. The van der Waals surface area contributed by atoms with Gasteiger partial charge < -0.3 is 19.5 Å². The van der Waals surface area contributed by atoms with Crippen LogP contribution < -0.4 is 14.8 Å². The van der Waals surface area contributed by atoms with Crippen molar-refractivity contribution in [1.82, 2.24) is 9.62 Å². The molecule has 0 unspecified atom stereocenters. The fourth-order valence-corrected chi connectivity index (χ4v) is 4.91. The van der Waals surface area contributed by atoms with Crippen molar-refractivity contribution in [3.05, 3.63) is 53.6 Å². The summed E-state index contributed by atoms with van der Waals surface area (Å²) >= 11 is 0. The number of sulfonamides is 1. The predicted octanol–water partition coefficient (Wildman–Crippen LogP) is 2.36. The summed E-state index contributed by atoms with van der Waals surface area (Å²) in [6.07, 6.45) is 0.583. The standard InChI is InChI=1S/C23H30N2O6S/c1-3-31-20-7-4-18(5-8-20)17-24-23(26)11-6-19-16-21(9-10-22(19)29-2)32(27,28)25-12-14-30-15-13-25/h4-5,7-10,16H,3,6,11-15,17H2,1-2H3,(H,24,26). The zero-order chi connectivity index (χ0) is 23.0. The van der Waals surface area contributed by atoms with E-state index in [-0.39, 0.29) is 17.2 Å². The molecule has 2 aromatic rings. The SMILES string of the molecule is CCOc1ccc(CNC(=O)CCc2cc(S(=O)(=O)N3CCOCC3)ccc2OC)cc1. The Morgan fingerprint density at radius 3 is 2.50 bits per heavy atom. The average Bonchev–Trinajstić information content (AvgIpc) is 2.82. The number of rotatable bonds is 10. The maximum Gasteiger partial charge on any atom is 0.243 e. The largest absolute Gasteiger partial charge is 0.496 e. The molecule has 0 spiro atoms. The fraction of sp³-hybridized carbons (Fsp3) is 0.435. The Morgan fingerprint density at radius 2 is 1.84 bits per heavy atom. The molecule has 1 heterocycles. The van der Waals surface area contributed by atoms with Gasteiger partial charge in [0.25, 0.3) is 0 Å². The van der Waals surface area contributed by atoms with E-state index >= 15 is 0 Å². The Hall–Kier alpha value is -2.62. The van der Waals surface area contributed by atoms with E-state index < -0.39 is 10.0 Å². The summed E-state index contributed by atoms with van der Waals surface area (Å²) in [5, 5.41) is 2.89. The minimum absolute atomic E-state index is 0.123. The molecule has 0 saturated carbocycles. The molecule has 32 heavy (non-hydrogen) atoms. The number of hydrogen-bond acceptors (Lipinski definition) is 6. The van der Waals surface area contributed by atoms with Gasteiger partial charge in [0, 0.05) is 26.1 Å². The van der Waals surface area contributed by atoms with E-state index in [1.54, 1.807) is 18.2 Å². The lowest BCUT2D eigenvalue weighted by atomic mass is 10.1. The van der Waals surface area contributed by atoms with Crippen LogP contribution in [0.15, 0.2) is 47.4 Å². The van der Waals surface area contributed by atoms with E-state index in [0.29, 0.717) is 57.2 Å². The second kappa shape index (κ2) is 11.3. The monoisotopic (exact) mass is 462 g/mol. The number of ether oxygens (including phenoxy) is 3. The van der Waals surface area contributed by atoms with Crippen molar-refractivity contribution >= 4 is 15.9 Å². The molecule has 1 amide bonds. The van der Waals surface area contributed by atoms with Crippen molar-refractivity contribution in [2.24, 2.45) is 0 Å². The molecule has 1 saturated heterocycles. The Labute approximate surface area is 189 Å². The number of nitrogens with one attached hydrogen (secondary N) is 1. The van der Waals surface area contributed by atoms with Gasteiger partial charge in [-0.2, -0.15) is 4.31 Å². The molecule has 9 heteroatoms. The molecule has 3 rings (SSSR count). The van der Waals surface area contributed by atoms with Crippen molar-refractivity contribution in [1.29, 1.82) is 0 Å². The molecule has 0 bridgehead atoms. The van der Waals surface area contributed by atoms with Crippen LogP contribution in [0.2, 0.25) is 0 Å². The Kier molecular flexibility index (Phi) is 8.49. The van der Waals surface area contributed by atoms with E-state index in [9.17, 15) is 13.2 Å². The molecule has 0 aromatic heterocycles. The molecule has 8 nitrogen and oxygen atoms in total. The highest BCUT2D eigenvalue weighted by molar-refractivity contribution is 7.89. The second-order valence-corrected chi connectivity index (χ2v) is 9.28. The number of benzene rings is 2. The Morgan fingerprint density at radius 1 is 1.12 bits per heavy atom. The predicted molar refractivity (Wildman–Crippen MR) is 120 cm³/mol. The number of methoxy groups -OCH3 is 1. The summed E-state index contributed by atoms with van der Waals surface area (Å²) < 4.78 is 43.4. The second-order valence-electron chi connectivity index (χ2n) is 7.34. The first kappa shape index (κ1) is 24.0. The number of carbonyl (C=O) groups is 1. The molecule has 174 valence electrons. The molecule has 0 atom stereocenters. The highest BCUT2D eigenvalue weighted by atomic mass is 32.2. The lowest BCUT2D eigenvalue weighted by molar-refractivity contribution is -0.121. The van der Waals surface area contributed by atoms with Crippen molar-refractivity contribution in [2.45, 2.75) is 31.2 Å². The van der Waals surface area contributed by atoms with Gasteiger partial charge in [0.15, 0.2) is 0 Å². The van der Waals surface area contributed by atoms with Gasteiger partial charge in [-0.1, -0.05) is 12.1 Å². The summed E-state index contributed by atoms with van der Waals surface area (Å²) in [7, 11) is -2.09. The Balaban J connectivity index is 1.60. The number of hydrogen-bond donors (Lipinski definition) is 1. The topological polar surface area (TPSA) is 94.2 Å². The first-order valence-electron chi connectivity index (χ1n) is 10.7. The third kappa shape index (κ3) is 6.21. The van der Waals surface area contributed by atoms with Crippen LogP contribution in [0.3, 0.4) is 0 Å². The van der Waals surface area contributed by atoms with E-state index in [1.165, 1.54) is 11.4 Å². The molecule has 2 aromatic carbocycles. The maximum atomic E-state index is 12.9. The van der Waals surface area contributed by atoms with E-state index in [2.05, 4.69) is 5.32 Å². The van der Waals surface area contributed by atoms with Crippen LogP contribution in [0, 0.1) is 0 Å². The van der Waals surface area contributed by atoms with Crippen LogP contribution in [0.25, 0.3) is 0 Å². The lowest BCUT2D eigenvalue weighted by Crippen LogP contribution is -2.40. The summed E-state index contributed by atoms with van der Waals surface area (Å²) in [6.45, 7) is 4.38. The van der Waals surface area contributed by atoms with Crippen molar-refractivity contribution in [3.63, 3.8) is 0 Å².